The maximum absolute atomic E-state index is 10.2. The lowest BCUT2D eigenvalue weighted by Crippen LogP contribution is -2.26. The van der Waals surface area contributed by atoms with Crippen molar-refractivity contribution in [1.82, 2.24) is 5.43 Å². The minimum absolute atomic E-state index is 0.391. The van der Waals surface area contributed by atoms with Gasteiger partial charge in [0.05, 0.1) is 0 Å². The zero-order chi connectivity index (χ0) is 8.85. The Hall–Kier alpha value is -1.06. The van der Waals surface area contributed by atoms with Crippen LogP contribution < -0.4 is 11.2 Å². The zero-order valence-corrected chi connectivity index (χ0v) is 7.22. The summed E-state index contributed by atoms with van der Waals surface area (Å²) >= 11 is 0. The van der Waals surface area contributed by atoms with Crippen molar-refractivity contribution in [3.63, 3.8) is 0 Å². The zero-order valence-electron chi connectivity index (χ0n) is 7.22. The number of hydrogen-bond acceptors (Lipinski definition) is 2. The van der Waals surface area contributed by atoms with E-state index in [1.54, 1.807) is 0 Å². The largest absolute Gasteiger partial charge is 0.350 e. The van der Waals surface area contributed by atoms with Crippen LogP contribution in [-0.2, 0) is 0 Å². The molecule has 0 heterocycles. The number of carbonyl (C=O) groups excluding carboxylic acids is 1. The highest BCUT2D eigenvalue weighted by atomic mass is 16.2. The average molecular weight is 157 g/mol. The fourth-order valence-electron chi connectivity index (χ4n) is 0.549. The second-order valence-electron chi connectivity index (χ2n) is 2.54. The number of carbonyl (C=O) groups is 1. The number of nitrogens with two attached hydrogens (primary N) is 1. The van der Waals surface area contributed by atoms with Gasteiger partial charge in [-0.25, -0.2) is 10.2 Å². The van der Waals surface area contributed by atoms with Crippen LogP contribution in [0.2, 0.25) is 0 Å². The standard InChI is InChI=1S/C7H15N3O/c1-4-5(2)6(3)9-10-7(8)11/h5H,4H2,1-3H3,(H3,8,10,11)/b9-6-/t5-/m0/s1. The molecule has 1 atom stereocenters. The van der Waals surface area contributed by atoms with E-state index in [4.69, 9.17) is 5.73 Å². The number of primary amides is 1. The Morgan fingerprint density at radius 2 is 2.27 bits per heavy atom. The van der Waals surface area contributed by atoms with Crippen LogP contribution in [0.3, 0.4) is 0 Å². The van der Waals surface area contributed by atoms with Gasteiger partial charge >= 0.3 is 6.03 Å². The maximum Gasteiger partial charge on any atom is 0.332 e. The molecule has 0 aliphatic carbocycles. The summed E-state index contributed by atoms with van der Waals surface area (Å²) in [6.45, 7) is 5.97. The molecular weight excluding hydrogens is 142 g/mol. The summed E-state index contributed by atoms with van der Waals surface area (Å²) in [7, 11) is 0. The van der Waals surface area contributed by atoms with Gasteiger partial charge in [-0.05, 0) is 19.3 Å². The molecule has 0 radical (unpaired) electrons. The van der Waals surface area contributed by atoms with Gasteiger partial charge in [0.15, 0.2) is 0 Å². The van der Waals surface area contributed by atoms with E-state index in [1.807, 2.05) is 13.8 Å². The first-order valence-corrected chi connectivity index (χ1v) is 3.67. The molecule has 0 aromatic rings. The Morgan fingerprint density at radius 3 is 2.64 bits per heavy atom. The third kappa shape index (κ3) is 4.36. The fraction of sp³-hybridized carbons (Fsp3) is 0.714. The molecular formula is C7H15N3O. The molecule has 0 fully saturated rings. The van der Waals surface area contributed by atoms with Gasteiger partial charge in [-0.1, -0.05) is 13.8 Å². The normalized spacial score (nSPS) is 14.3. The summed E-state index contributed by atoms with van der Waals surface area (Å²) in [5.74, 6) is 0.391. The maximum atomic E-state index is 10.2. The Morgan fingerprint density at radius 1 is 1.73 bits per heavy atom. The summed E-state index contributed by atoms with van der Waals surface area (Å²) in [6, 6.07) is -0.618. The molecule has 0 rings (SSSR count). The van der Waals surface area contributed by atoms with Crippen molar-refractivity contribution in [2.24, 2.45) is 16.8 Å². The number of amides is 2. The quantitative estimate of drug-likeness (QED) is 0.467. The van der Waals surface area contributed by atoms with Crippen molar-refractivity contribution in [3.8, 4) is 0 Å². The third-order valence-corrected chi connectivity index (χ3v) is 1.67. The molecule has 0 unspecified atom stereocenters. The summed E-state index contributed by atoms with van der Waals surface area (Å²) in [5, 5.41) is 3.79. The molecule has 11 heavy (non-hydrogen) atoms. The highest BCUT2D eigenvalue weighted by Crippen LogP contribution is 2.01. The monoisotopic (exact) mass is 157 g/mol. The van der Waals surface area contributed by atoms with E-state index >= 15 is 0 Å². The predicted molar refractivity (Wildman–Crippen MR) is 45.3 cm³/mol. The molecule has 2 amide bonds. The Kier molecular flexibility index (Phi) is 4.26. The van der Waals surface area contributed by atoms with Crippen LogP contribution in [0.5, 0.6) is 0 Å². The molecule has 4 nitrogen and oxygen atoms in total. The van der Waals surface area contributed by atoms with Gasteiger partial charge in [0.25, 0.3) is 0 Å². The van der Waals surface area contributed by atoms with Gasteiger partial charge in [0.2, 0.25) is 0 Å². The Balaban J connectivity index is 3.89. The highest BCUT2D eigenvalue weighted by molar-refractivity contribution is 5.85. The molecule has 0 spiro atoms. The second kappa shape index (κ2) is 4.71. The van der Waals surface area contributed by atoms with E-state index in [-0.39, 0.29) is 0 Å². The van der Waals surface area contributed by atoms with E-state index in [9.17, 15) is 4.79 Å². The molecule has 0 saturated carbocycles. The first-order chi connectivity index (χ1) is 5.07. The number of hydrazone groups is 1. The lowest BCUT2D eigenvalue weighted by molar-refractivity contribution is 0.249. The van der Waals surface area contributed by atoms with Gasteiger partial charge in [-0.3, -0.25) is 0 Å². The van der Waals surface area contributed by atoms with Gasteiger partial charge in [0.1, 0.15) is 0 Å². The topological polar surface area (TPSA) is 67.5 Å². The van der Waals surface area contributed by atoms with Crippen LogP contribution in [0.4, 0.5) is 4.79 Å². The lowest BCUT2D eigenvalue weighted by Gasteiger charge is -2.06. The summed E-state index contributed by atoms with van der Waals surface area (Å²) in [4.78, 5) is 10.2. The van der Waals surface area contributed by atoms with Gasteiger partial charge in [0, 0.05) is 5.71 Å². The van der Waals surface area contributed by atoms with Crippen molar-refractivity contribution in [3.05, 3.63) is 0 Å². The Bertz CT molecular complexity index is 165. The predicted octanol–water partition coefficient (Wildman–Crippen LogP) is 1.08. The van der Waals surface area contributed by atoms with Crippen molar-refractivity contribution < 1.29 is 4.79 Å². The summed E-state index contributed by atoms with van der Waals surface area (Å²) < 4.78 is 0. The van der Waals surface area contributed by atoms with E-state index in [2.05, 4.69) is 17.5 Å². The number of urea groups is 1. The van der Waals surface area contributed by atoms with Crippen LogP contribution in [-0.4, -0.2) is 11.7 Å². The molecule has 0 aliphatic rings. The number of nitrogens with one attached hydrogen (secondary N) is 1. The number of hydrogen-bond donors (Lipinski definition) is 2. The number of rotatable bonds is 3. The molecule has 64 valence electrons. The molecule has 0 saturated heterocycles. The molecule has 0 aromatic heterocycles. The molecule has 0 aromatic carbocycles. The van der Waals surface area contributed by atoms with Crippen LogP contribution in [0.15, 0.2) is 5.10 Å². The smallest absolute Gasteiger partial charge is 0.332 e. The molecule has 3 N–H and O–H groups in total. The van der Waals surface area contributed by atoms with E-state index in [0.717, 1.165) is 12.1 Å². The van der Waals surface area contributed by atoms with Gasteiger partial charge < -0.3 is 5.73 Å². The van der Waals surface area contributed by atoms with Gasteiger partial charge in [-0.2, -0.15) is 5.10 Å². The summed E-state index contributed by atoms with van der Waals surface area (Å²) in [6.07, 6.45) is 1.01. The van der Waals surface area contributed by atoms with Crippen molar-refractivity contribution in [2.75, 3.05) is 0 Å². The first-order valence-electron chi connectivity index (χ1n) is 3.67. The van der Waals surface area contributed by atoms with Gasteiger partial charge in [-0.15, -0.1) is 0 Å². The average Bonchev–Trinajstić information content (AvgIpc) is 1.98. The van der Waals surface area contributed by atoms with Crippen LogP contribution >= 0.6 is 0 Å². The van der Waals surface area contributed by atoms with Crippen molar-refractivity contribution in [2.45, 2.75) is 27.2 Å². The lowest BCUT2D eigenvalue weighted by atomic mass is 10.1. The van der Waals surface area contributed by atoms with Crippen LogP contribution in [0.1, 0.15) is 27.2 Å². The van der Waals surface area contributed by atoms with Crippen LogP contribution in [0.25, 0.3) is 0 Å². The minimum Gasteiger partial charge on any atom is -0.350 e. The van der Waals surface area contributed by atoms with Crippen molar-refractivity contribution >= 4 is 11.7 Å². The first kappa shape index (κ1) is 9.94. The third-order valence-electron chi connectivity index (χ3n) is 1.67. The second-order valence-corrected chi connectivity index (χ2v) is 2.54. The highest BCUT2D eigenvalue weighted by Gasteiger charge is 2.01. The molecule has 0 bridgehead atoms. The molecule has 0 aliphatic heterocycles. The molecule has 4 heteroatoms. The van der Waals surface area contributed by atoms with E-state index in [1.165, 1.54) is 0 Å². The van der Waals surface area contributed by atoms with E-state index < -0.39 is 6.03 Å². The number of nitrogens with zero attached hydrogens (tertiary/aromatic N) is 1. The van der Waals surface area contributed by atoms with Crippen LogP contribution in [0, 0.1) is 5.92 Å². The Labute approximate surface area is 66.8 Å². The fourth-order valence-corrected chi connectivity index (χ4v) is 0.549. The van der Waals surface area contributed by atoms with Crippen molar-refractivity contribution in [1.29, 1.82) is 0 Å². The minimum atomic E-state index is -0.618. The van der Waals surface area contributed by atoms with E-state index in [0.29, 0.717) is 5.92 Å². The summed E-state index contributed by atoms with van der Waals surface area (Å²) in [5.41, 5.74) is 7.91. The SMILES string of the molecule is CC[C@H](C)/C(C)=N\NC(N)=O.